The van der Waals surface area contributed by atoms with E-state index in [0.717, 1.165) is 6.42 Å². The van der Waals surface area contributed by atoms with Gasteiger partial charge in [0.15, 0.2) is 0 Å². The maximum absolute atomic E-state index is 9.28. The van der Waals surface area contributed by atoms with Gasteiger partial charge < -0.3 is 5.32 Å². The van der Waals surface area contributed by atoms with Crippen LogP contribution in [0.25, 0.3) is 0 Å². The van der Waals surface area contributed by atoms with E-state index in [2.05, 4.69) is 30.1 Å². The molecule has 0 aliphatic carbocycles. The highest BCUT2D eigenvalue weighted by atomic mass is 15.2. The molecule has 3 heteroatoms. The SMILES string of the molecule is CCC1CCCCCN1C(C)CC(C)(C#N)NC. The van der Waals surface area contributed by atoms with E-state index in [4.69, 9.17) is 0 Å². The van der Waals surface area contributed by atoms with Crippen LogP contribution in [0.1, 0.15) is 59.3 Å². The molecule has 3 atom stereocenters. The van der Waals surface area contributed by atoms with Gasteiger partial charge in [-0.1, -0.05) is 19.8 Å². The Kier molecular flexibility index (Phi) is 6.11. The molecule has 0 aromatic rings. The lowest BCUT2D eigenvalue weighted by Gasteiger charge is -2.37. The summed E-state index contributed by atoms with van der Waals surface area (Å²) in [6, 6.07) is 3.60. The predicted molar refractivity (Wildman–Crippen MR) is 76.4 cm³/mol. The second kappa shape index (κ2) is 7.11. The number of rotatable bonds is 5. The molecule has 3 nitrogen and oxygen atoms in total. The van der Waals surface area contributed by atoms with Crippen molar-refractivity contribution >= 4 is 0 Å². The molecular weight excluding hydrogens is 222 g/mol. The van der Waals surface area contributed by atoms with Crippen LogP contribution in [-0.2, 0) is 0 Å². The fourth-order valence-corrected chi connectivity index (χ4v) is 3.13. The first-order valence-corrected chi connectivity index (χ1v) is 7.42. The molecule has 0 aromatic heterocycles. The highest BCUT2D eigenvalue weighted by molar-refractivity contribution is 5.05. The quantitative estimate of drug-likeness (QED) is 0.816. The normalized spacial score (nSPS) is 26.9. The summed E-state index contributed by atoms with van der Waals surface area (Å²) in [6.07, 6.45) is 7.49. The van der Waals surface area contributed by atoms with Gasteiger partial charge in [-0.25, -0.2) is 0 Å². The summed E-state index contributed by atoms with van der Waals surface area (Å²) < 4.78 is 0. The van der Waals surface area contributed by atoms with E-state index >= 15 is 0 Å². The zero-order chi connectivity index (χ0) is 13.6. The molecule has 0 amide bonds. The van der Waals surface area contributed by atoms with E-state index in [1.165, 1.54) is 38.6 Å². The van der Waals surface area contributed by atoms with Crippen molar-refractivity contribution in [1.29, 1.82) is 5.26 Å². The molecule has 1 saturated heterocycles. The van der Waals surface area contributed by atoms with Gasteiger partial charge in [0.05, 0.1) is 6.07 Å². The summed E-state index contributed by atoms with van der Waals surface area (Å²) in [5.74, 6) is 0. The van der Waals surface area contributed by atoms with Crippen molar-refractivity contribution in [3.8, 4) is 6.07 Å². The molecule has 1 rings (SSSR count). The smallest absolute Gasteiger partial charge is 0.105 e. The Labute approximate surface area is 113 Å². The molecule has 1 N–H and O–H groups in total. The minimum Gasteiger partial charge on any atom is -0.303 e. The van der Waals surface area contributed by atoms with Gasteiger partial charge in [-0.05, 0) is 53.1 Å². The minimum atomic E-state index is -0.399. The molecule has 0 radical (unpaired) electrons. The maximum atomic E-state index is 9.28. The lowest BCUT2D eigenvalue weighted by molar-refractivity contribution is 0.122. The first-order valence-electron chi connectivity index (χ1n) is 7.42. The van der Waals surface area contributed by atoms with Crippen molar-refractivity contribution in [2.45, 2.75) is 76.9 Å². The van der Waals surface area contributed by atoms with Crippen molar-refractivity contribution in [3.05, 3.63) is 0 Å². The van der Waals surface area contributed by atoms with E-state index in [0.29, 0.717) is 12.1 Å². The van der Waals surface area contributed by atoms with Crippen LogP contribution < -0.4 is 5.32 Å². The summed E-state index contributed by atoms with van der Waals surface area (Å²) in [5.41, 5.74) is -0.399. The Balaban J connectivity index is 2.68. The van der Waals surface area contributed by atoms with E-state index in [-0.39, 0.29) is 0 Å². The van der Waals surface area contributed by atoms with Crippen LogP contribution in [0.5, 0.6) is 0 Å². The average molecular weight is 251 g/mol. The highest BCUT2D eigenvalue weighted by Gasteiger charge is 2.30. The summed E-state index contributed by atoms with van der Waals surface area (Å²) in [5, 5.41) is 12.4. The number of nitriles is 1. The van der Waals surface area contributed by atoms with Gasteiger partial charge in [0.1, 0.15) is 5.54 Å². The monoisotopic (exact) mass is 251 g/mol. The van der Waals surface area contributed by atoms with Gasteiger partial charge in [0.2, 0.25) is 0 Å². The van der Waals surface area contributed by atoms with E-state index in [1.54, 1.807) is 0 Å². The molecule has 0 aromatic carbocycles. The van der Waals surface area contributed by atoms with Gasteiger partial charge in [-0.2, -0.15) is 5.26 Å². The maximum Gasteiger partial charge on any atom is 0.105 e. The van der Waals surface area contributed by atoms with Crippen LogP contribution >= 0.6 is 0 Å². The molecule has 1 aliphatic heterocycles. The largest absolute Gasteiger partial charge is 0.303 e. The van der Waals surface area contributed by atoms with Crippen LogP contribution in [0.3, 0.4) is 0 Å². The van der Waals surface area contributed by atoms with Crippen molar-refractivity contribution in [2.24, 2.45) is 0 Å². The van der Waals surface area contributed by atoms with E-state index in [9.17, 15) is 5.26 Å². The molecule has 3 unspecified atom stereocenters. The van der Waals surface area contributed by atoms with E-state index in [1.807, 2.05) is 14.0 Å². The third-order valence-corrected chi connectivity index (χ3v) is 4.46. The summed E-state index contributed by atoms with van der Waals surface area (Å²) in [4.78, 5) is 2.64. The number of nitrogens with zero attached hydrogens (tertiary/aromatic N) is 2. The first-order chi connectivity index (χ1) is 8.56. The van der Waals surface area contributed by atoms with Crippen molar-refractivity contribution in [1.82, 2.24) is 10.2 Å². The van der Waals surface area contributed by atoms with Crippen molar-refractivity contribution < 1.29 is 0 Å². The summed E-state index contributed by atoms with van der Waals surface area (Å²) >= 11 is 0. The fraction of sp³-hybridized carbons (Fsp3) is 0.933. The van der Waals surface area contributed by atoms with Crippen LogP contribution in [0.4, 0.5) is 0 Å². The van der Waals surface area contributed by atoms with E-state index < -0.39 is 5.54 Å². The molecule has 0 bridgehead atoms. The van der Waals surface area contributed by atoms with Crippen molar-refractivity contribution in [2.75, 3.05) is 13.6 Å². The Hall–Kier alpha value is -0.590. The van der Waals surface area contributed by atoms with Gasteiger partial charge >= 0.3 is 0 Å². The standard InChI is InChI=1S/C15H29N3/c1-5-14-9-7-6-8-10-18(14)13(2)11-15(3,12-16)17-4/h13-14,17H,5-11H2,1-4H3. The number of hydrogen-bond acceptors (Lipinski definition) is 3. The second-order valence-electron chi connectivity index (χ2n) is 5.90. The number of likely N-dealkylation sites (tertiary alicyclic amines) is 1. The first kappa shape index (κ1) is 15.5. The Morgan fingerprint density at radius 2 is 2.17 bits per heavy atom. The highest BCUT2D eigenvalue weighted by Crippen LogP contribution is 2.25. The fourth-order valence-electron chi connectivity index (χ4n) is 3.13. The average Bonchev–Trinajstić information content (AvgIpc) is 2.63. The third-order valence-electron chi connectivity index (χ3n) is 4.46. The molecule has 0 spiro atoms. The lowest BCUT2D eigenvalue weighted by atomic mass is 9.93. The zero-order valence-electron chi connectivity index (χ0n) is 12.5. The molecule has 1 aliphatic rings. The minimum absolute atomic E-state index is 0.399. The Morgan fingerprint density at radius 1 is 1.44 bits per heavy atom. The van der Waals surface area contributed by atoms with Crippen LogP contribution in [0.2, 0.25) is 0 Å². The van der Waals surface area contributed by atoms with Crippen LogP contribution in [-0.4, -0.2) is 36.1 Å². The molecule has 1 heterocycles. The van der Waals surface area contributed by atoms with Gasteiger partial charge in [-0.3, -0.25) is 4.90 Å². The Morgan fingerprint density at radius 3 is 2.72 bits per heavy atom. The van der Waals surface area contributed by atoms with Crippen LogP contribution in [0, 0.1) is 11.3 Å². The van der Waals surface area contributed by atoms with Gasteiger partial charge in [0, 0.05) is 12.1 Å². The molecule has 104 valence electrons. The predicted octanol–water partition coefficient (Wildman–Crippen LogP) is 2.92. The summed E-state index contributed by atoms with van der Waals surface area (Å²) in [7, 11) is 1.88. The molecule has 18 heavy (non-hydrogen) atoms. The van der Waals surface area contributed by atoms with Crippen LogP contribution in [0.15, 0.2) is 0 Å². The number of hydrogen-bond donors (Lipinski definition) is 1. The molecular formula is C15H29N3. The zero-order valence-corrected chi connectivity index (χ0v) is 12.5. The molecule has 0 saturated carbocycles. The van der Waals surface area contributed by atoms with Gasteiger partial charge in [0.25, 0.3) is 0 Å². The van der Waals surface area contributed by atoms with Gasteiger partial charge in [-0.15, -0.1) is 0 Å². The Bertz CT molecular complexity index is 284. The third kappa shape index (κ3) is 3.96. The second-order valence-corrected chi connectivity index (χ2v) is 5.90. The molecule has 1 fully saturated rings. The number of nitrogens with one attached hydrogen (secondary N) is 1. The lowest BCUT2D eigenvalue weighted by Crippen LogP contribution is -2.48. The van der Waals surface area contributed by atoms with Crippen molar-refractivity contribution in [3.63, 3.8) is 0 Å². The summed E-state index contributed by atoms with van der Waals surface area (Å²) in [6.45, 7) is 7.77. The topological polar surface area (TPSA) is 39.1 Å².